The molecule has 5 aromatic rings. The SMILES string of the molecule is CN1CCCC2Cc3ccccc3-c3c(cc(O)c4cc5c(cc34)c3ccccc3n5C)C21. The number of hydrogen-bond acceptors (Lipinski definition) is 2. The zero-order valence-corrected chi connectivity index (χ0v) is 19.2. The van der Waals surface area contributed by atoms with Gasteiger partial charge in [0.15, 0.2) is 0 Å². The van der Waals surface area contributed by atoms with E-state index >= 15 is 0 Å². The molecule has 1 aliphatic carbocycles. The Hall–Kier alpha value is -3.30. The summed E-state index contributed by atoms with van der Waals surface area (Å²) < 4.78 is 2.24. The van der Waals surface area contributed by atoms with Gasteiger partial charge in [-0.2, -0.15) is 0 Å². The van der Waals surface area contributed by atoms with E-state index in [9.17, 15) is 5.11 Å². The zero-order chi connectivity index (χ0) is 22.3. The molecule has 1 N–H and O–H groups in total. The Balaban J connectivity index is 1.66. The molecule has 1 aromatic heterocycles. The van der Waals surface area contributed by atoms with Crippen molar-refractivity contribution in [2.45, 2.75) is 25.3 Å². The van der Waals surface area contributed by atoms with Crippen molar-refractivity contribution in [2.24, 2.45) is 13.0 Å². The molecule has 0 saturated carbocycles. The Bertz CT molecular complexity index is 1580. The third-order valence-corrected chi connectivity index (χ3v) is 8.27. The maximum Gasteiger partial charge on any atom is 0.123 e. The summed E-state index contributed by atoms with van der Waals surface area (Å²) in [6, 6.07) is 24.5. The zero-order valence-electron chi connectivity index (χ0n) is 19.2. The van der Waals surface area contributed by atoms with E-state index in [0.717, 1.165) is 23.9 Å². The van der Waals surface area contributed by atoms with Gasteiger partial charge in [-0.25, -0.2) is 0 Å². The molecule has 3 heteroatoms. The van der Waals surface area contributed by atoms with Crippen LogP contribution < -0.4 is 0 Å². The number of piperidine rings is 1. The summed E-state index contributed by atoms with van der Waals surface area (Å²) in [7, 11) is 4.37. The molecule has 0 spiro atoms. The Morgan fingerprint density at radius 1 is 0.818 bits per heavy atom. The topological polar surface area (TPSA) is 28.4 Å². The summed E-state index contributed by atoms with van der Waals surface area (Å²) in [5, 5.41) is 16.0. The minimum absolute atomic E-state index is 0.333. The van der Waals surface area contributed by atoms with Crippen LogP contribution >= 0.6 is 0 Å². The number of rotatable bonds is 0. The molecule has 4 aromatic carbocycles. The first-order chi connectivity index (χ1) is 16.1. The lowest BCUT2D eigenvalue weighted by Crippen LogP contribution is -2.36. The van der Waals surface area contributed by atoms with E-state index in [4.69, 9.17) is 0 Å². The second-order valence-corrected chi connectivity index (χ2v) is 10.0. The van der Waals surface area contributed by atoms with Crippen LogP contribution in [0.4, 0.5) is 0 Å². The summed E-state index contributed by atoms with van der Waals surface area (Å²) in [6.07, 6.45) is 3.58. The summed E-state index contributed by atoms with van der Waals surface area (Å²) in [5.41, 5.74) is 7.76. The van der Waals surface area contributed by atoms with Gasteiger partial charge in [0.2, 0.25) is 0 Å². The van der Waals surface area contributed by atoms with E-state index in [1.165, 1.54) is 56.8 Å². The van der Waals surface area contributed by atoms with E-state index in [1.54, 1.807) is 0 Å². The van der Waals surface area contributed by atoms with Crippen LogP contribution in [0.5, 0.6) is 5.75 Å². The number of aromatic nitrogens is 1. The number of hydrogen-bond donors (Lipinski definition) is 1. The van der Waals surface area contributed by atoms with Crippen LogP contribution in [0, 0.1) is 5.92 Å². The lowest BCUT2D eigenvalue weighted by Gasteiger charge is -2.39. The Labute approximate surface area is 193 Å². The van der Waals surface area contributed by atoms with Gasteiger partial charge >= 0.3 is 0 Å². The smallest absolute Gasteiger partial charge is 0.123 e. The van der Waals surface area contributed by atoms with Crippen molar-refractivity contribution < 1.29 is 5.11 Å². The van der Waals surface area contributed by atoms with Crippen molar-refractivity contribution in [1.82, 2.24) is 9.47 Å². The number of nitrogens with zero attached hydrogens (tertiary/aromatic N) is 2. The predicted molar refractivity (Wildman–Crippen MR) is 137 cm³/mol. The highest BCUT2D eigenvalue weighted by atomic mass is 16.3. The highest BCUT2D eigenvalue weighted by molar-refractivity contribution is 6.16. The molecular weight excluding hydrogens is 404 g/mol. The van der Waals surface area contributed by atoms with Crippen molar-refractivity contribution in [2.75, 3.05) is 13.6 Å². The third kappa shape index (κ3) is 2.60. The van der Waals surface area contributed by atoms with Gasteiger partial charge in [0.05, 0.1) is 0 Å². The van der Waals surface area contributed by atoms with Crippen molar-refractivity contribution in [3.63, 3.8) is 0 Å². The fourth-order valence-electron chi connectivity index (χ4n) is 6.80. The molecule has 2 unspecified atom stereocenters. The van der Waals surface area contributed by atoms with Crippen LogP contribution in [0.1, 0.15) is 30.0 Å². The lowest BCUT2D eigenvalue weighted by atomic mass is 9.81. The number of benzene rings is 4. The first-order valence-corrected chi connectivity index (χ1v) is 12.1. The minimum atomic E-state index is 0.333. The standard InChI is InChI=1S/C30H28N2O/c1-31-13-7-9-19-14-18-8-3-4-10-20(18)29-24-15-22-21-11-5-6-12-26(21)32(2)27(22)16-23(24)28(33)17-25(29)30(19)31/h3-6,8,10-12,15-17,19,30,33H,7,9,13-14H2,1-2H3. The van der Waals surface area contributed by atoms with E-state index < -0.39 is 0 Å². The van der Waals surface area contributed by atoms with Crippen LogP contribution in [-0.2, 0) is 13.5 Å². The number of phenolic OH excluding ortho intramolecular Hbond substituents is 1. The fraction of sp³-hybridized carbons (Fsp3) is 0.267. The molecule has 0 amide bonds. The highest BCUT2D eigenvalue weighted by Crippen LogP contribution is 2.50. The first-order valence-electron chi connectivity index (χ1n) is 12.1. The quantitative estimate of drug-likeness (QED) is 0.292. The average molecular weight is 433 g/mol. The van der Waals surface area contributed by atoms with Gasteiger partial charge in [0, 0.05) is 40.3 Å². The third-order valence-electron chi connectivity index (χ3n) is 8.27. The van der Waals surface area contributed by atoms with Crippen LogP contribution in [0.2, 0.25) is 0 Å². The van der Waals surface area contributed by atoms with Crippen molar-refractivity contribution in [3.05, 3.63) is 77.9 Å². The fourth-order valence-corrected chi connectivity index (χ4v) is 6.80. The van der Waals surface area contributed by atoms with Gasteiger partial charge in [-0.15, -0.1) is 0 Å². The van der Waals surface area contributed by atoms with Gasteiger partial charge in [-0.05, 0) is 90.7 Å². The van der Waals surface area contributed by atoms with Gasteiger partial charge in [-0.3, -0.25) is 4.90 Å². The number of phenols is 1. The number of aryl methyl sites for hydroxylation is 1. The summed E-state index contributed by atoms with van der Waals surface area (Å²) in [6.45, 7) is 1.11. The lowest BCUT2D eigenvalue weighted by molar-refractivity contribution is 0.122. The monoisotopic (exact) mass is 432 g/mol. The molecule has 1 fully saturated rings. The van der Waals surface area contributed by atoms with Crippen molar-refractivity contribution >= 4 is 32.6 Å². The average Bonchev–Trinajstić information content (AvgIpc) is 3.01. The molecule has 164 valence electrons. The maximum absolute atomic E-state index is 11.3. The molecule has 2 atom stereocenters. The molecular formula is C30H28N2O. The Morgan fingerprint density at radius 3 is 2.55 bits per heavy atom. The second kappa shape index (κ2) is 6.85. The maximum atomic E-state index is 11.3. The molecule has 2 heterocycles. The van der Waals surface area contributed by atoms with Crippen LogP contribution in [-0.4, -0.2) is 28.2 Å². The minimum Gasteiger partial charge on any atom is -0.507 e. The van der Waals surface area contributed by atoms with Gasteiger partial charge in [-0.1, -0.05) is 42.5 Å². The summed E-state index contributed by atoms with van der Waals surface area (Å²) >= 11 is 0. The molecule has 33 heavy (non-hydrogen) atoms. The molecule has 1 aliphatic heterocycles. The summed E-state index contributed by atoms with van der Waals surface area (Å²) in [4.78, 5) is 2.51. The van der Waals surface area contributed by atoms with Crippen LogP contribution in [0.3, 0.4) is 0 Å². The van der Waals surface area contributed by atoms with Crippen molar-refractivity contribution in [1.29, 1.82) is 0 Å². The van der Waals surface area contributed by atoms with Crippen LogP contribution in [0.15, 0.2) is 66.7 Å². The van der Waals surface area contributed by atoms with Crippen molar-refractivity contribution in [3.8, 4) is 16.9 Å². The van der Waals surface area contributed by atoms with Gasteiger partial charge in [0.1, 0.15) is 5.75 Å². The molecule has 7 rings (SSSR count). The number of para-hydroxylation sites is 1. The first kappa shape index (κ1) is 19.2. The number of likely N-dealkylation sites (tertiary alicyclic amines) is 1. The normalized spacial score (nSPS) is 20.5. The predicted octanol–water partition coefficient (Wildman–Crippen LogP) is 6.80. The van der Waals surface area contributed by atoms with E-state index in [1.807, 2.05) is 0 Å². The van der Waals surface area contributed by atoms with E-state index in [-0.39, 0.29) is 0 Å². The highest BCUT2D eigenvalue weighted by Gasteiger charge is 2.36. The molecule has 0 radical (unpaired) electrons. The van der Waals surface area contributed by atoms with E-state index in [0.29, 0.717) is 17.7 Å². The molecule has 2 aliphatic rings. The Morgan fingerprint density at radius 2 is 1.64 bits per heavy atom. The molecule has 3 nitrogen and oxygen atoms in total. The second-order valence-electron chi connectivity index (χ2n) is 10.0. The van der Waals surface area contributed by atoms with Gasteiger partial charge in [0.25, 0.3) is 0 Å². The van der Waals surface area contributed by atoms with E-state index in [2.05, 4.69) is 90.3 Å². The molecule has 1 saturated heterocycles. The Kier molecular flexibility index (Phi) is 3.98. The summed E-state index contributed by atoms with van der Waals surface area (Å²) in [5.74, 6) is 0.970. The number of aromatic hydroxyl groups is 1. The molecule has 0 bridgehead atoms. The largest absolute Gasteiger partial charge is 0.507 e. The van der Waals surface area contributed by atoms with Gasteiger partial charge < -0.3 is 9.67 Å². The number of fused-ring (bicyclic) bond motifs is 10. The van der Waals surface area contributed by atoms with Crippen LogP contribution in [0.25, 0.3) is 43.7 Å².